The lowest BCUT2D eigenvalue weighted by Gasteiger charge is -2.17. The molecule has 0 aromatic heterocycles. The summed E-state index contributed by atoms with van der Waals surface area (Å²) in [6, 6.07) is 10.5. The third-order valence-electron chi connectivity index (χ3n) is 3.80. The first-order valence-corrected chi connectivity index (χ1v) is 10.2. The van der Waals surface area contributed by atoms with E-state index in [2.05, 4.69) is 71.6 Å². The van der Waals surface area contributed by atoms with Crippen molar-refractivity contribution in [3.63, 3.8) is 0 Å². The summed E-state index contributed by atoms with van der Waals surface area (Å²) in [7, 11) is 0. The fraction of sp³-hybridized carbons (Fsp3) is 0.632. The molecule has 6 heteroatoms. The smallest absolute Gasteiger partial charge is 0.191 e. The molecule has 0 atom stereocenters. The van der Waals surface area contributed by atoms with Gasteiger partial charge in [0.1, 0.15) is 0 Å². The summed E-state index contributed by atoms with van der Waals surface area (Å²) in [5.41, 5.74) is 0. The van der Waals surface area contributed by atoms with Crippen LogP contribution >= 0.6 is 35.7 Å². The largest absolute Gasteiger partial charge is 0.357 e. The fourth-order valence-corrected chi connectivity index (χ4v) is 3.16. The van der Waals surface area contributed by atoms with Crippen LogP contribution in [0.3, 0.4) is 0 Å². The highest BCUT2D eigenvalue weighted by atomic mass is 127. The van der Waals surface area contributed by atoms with Crippen LogP contribution in [0.15, 0.2) is 40.2 Å². The molecule has 0 saturated carbocycles. The molecule has 0 spiro atoms. The summed E-state index contributed by atoms with van der Waals surface area (Å²) in [5, 5.41) is 6.74. The van der Waals surface area contributed by atoms with Gasteiger partial charge in [0.25, 0.3) is 0 Å². The minimum absolute atomic E-state index is 0. The van der Waals surface area contributed by atoms with Gasteiger partial charge >= 0.3 is 0 Å². The molecule has 0 aliphatic heterocycles. The molecule has 0 amide bonds. The SMILES string of the molecule is CCNC(=NCCCCN(CC)CC)NCCSc1ccccc1.I. The first kappa shape index (κ1) is 24.5. The van der Waals surface area contributed by atoms with Crippen molar-refractivity contribution in [1.29, 1.82) is 0 Å². The summed E-state index contributed by atoms with van der Waals surface area (Å²) >= 11 is 1.87. The molecule has 0 bridgehead atoms. The average molecular weight is 478 g/mol. The van der Waals surface area contributed by atoms with Crippen LogP contribution in [0.2, 0.25) is 0 Å². The van der Waals surface area contributed by atoms with E-state index in [4.69, 9.17) is 0 Å². The minimum Gasteiger partial charge on any atom is -0.357 e. The van der Waals surface area contributed by atoms with Crippen molar-refractivity contribution < 1.29 is 0 Å². The average Bonchev–Trinajstić information content (AvgIpc) is 2.62. The van der Waals surface area contributed by atoms with E-state index in [1.807, 2.05) is 11.8 Å². The van der Waals surface area contributed by atoms with Gasteiger partial charge in [0.15, 0.2) is 5.96 Å². The predicted molar refractivity (Wildman–Crippen MR) is 124 cm³/mol. The number of guanidine groups is 1. The van der Waals surface area contributed by atoms with Crippen LogP contribution in [0.5, 0.6) is 0 Å². The Morgan fingerprint density at radius 2 is 1.76 bits per heavy atom. The van der Waals surface area contributed by atoms with Crippen LogP contribution < -0.4 is 10.6 Å². The summed E-state index contributed by atoms with van der Waals surface area (Å²) < 4.78 is 0. The van der Waals surface area contributed by atoms with E-state index in [0.29, 0.717) is 0 Å². The molecule has 4 nitrogen and oxygen atoms in total. The Morgan fingerprint density at radius 1 is 1.04 bits per heavy atom. The van der Waals surface area contributed by atoms with Crippen molar-refractivity contribution in [3.8, 4) is 0 Å². The zero-order chi connectivity index (χ0) is 17.5. The molecule has 0 aliphatic carbocycles. The quantitative estimate of drug-likeness (QED) is 0.156. The van der Waals surface area contributed by atoms with E-state index < -0.39 is 0 Å². The lowest BCUT2D eigenvalue weighted by atomic mass is 10.3. The van der Waals surface area contributed by atoms with Crippen LogP contribution in [-0.2, 0) is 0 Å². The Kier molecular flexibility index (Phi) is 16.7. The van der Waals surface area contributed by atoms with Crippen LogP contribution in [-0.4, -0.2) is 55.9 Å². The summed E-state index contributed by atoms with van der Waals surface area (Å²) in [4.78, 5) is 8.46. The highest BCUT2D eigenvalue weighted by molar-refractivity contribution is 14.0. The zero-order valence-electron chi connectivity index (χ0n) is 16.0. The highest BCUT2D eigenvalue weighted by Gasteiger charge is 1.99. The third kappa shape index (κ3) is 12.5. The number of nitrogens with one attached hydrogen (secondary N) is 2. The second-order valence-corrected chi connectivity index (χ2v) is 6.75. The van der Waals surface area contributed by atoms with Crippen LogP contribution in [0, 0.1) is 0 Å². The van der Waals surface area contributed by atoms with Crippen molar-refractivity contribution in [1.82, 2.24) is 15.5 Å². The Hall–Kier alpha value is -0.470. The first-order valence-electron chi connectivity index (χ1n) is 9.22. The molecular weight excluding hydrogens is 443 g/mol. The molecule has 0 aliphatic rings. The van der Waals surface area contributed by atoms with Crippen LogP contribution in [0.25, 0.3) is 0 Å². The van der Waals surface area contributed by atoms with E-state index >= 15 is 0 Å². The molecule has 1 aromatic rings. The van der Waals surface area contributed by atoms with E-state index in [1.165, 1.54) is 17.9 Å². The number of halogens is 1. The van der Waals surface area contributed by atoms with Crippen LogP contribution in [0.4, 0.5) is 0 Å². The number of unbranched alkanes of at least 4 members (excludes halogenated alkanes) is 1. The number of aliphatic imine (C=N–C) groups is 1. The lowest BCUT2D eigenvalue weighted by Crippen LogP contribution is -2.38. The van der Waals surface area contributed by atoms with Gasteiger partial charge in [-0.3, -0.25) is 4.99 Å². The maximum Gasteiger partial charge on any atom is 0.191 e. The minimum atomic E-state index is 0. The second kappa shape index (κ2) is 17.0. The first-order chi connectivity index (χ1) is 11.8. The van der Waals surface area contributed by atoms with Crippen molar-refractivity contribution in [3.05, 3.63) is 30.3 Å². The second-order valence-electron chi connectivity index (χ2n) is 5.58. The number of hydrogen-bond acceptors (Lipinski definition) is 3. The van der Waals surface area contributed by atoms with Gasteiger partial charge in [0.2, 0.25) is 0 Å². The van der Waals surface area contributed by atoms with Gasteiger partial charge in [-0.15, -0.1) is 35.7 Å². The zero-order valence-corrected chi connectivity index (χ0v) is 19.1. The van der Waals surface area contributed by atoms with E-state index in [-0.39, 0.29) is 24.0 Å². The summed E-state index contributed by atoms with van der Waals surface area (Å²) in [6.45, 7) is 12.7. The van der Waals surface area contributed by atoms with E-state index in [0.717, 1.165) is 50.9 Å². The lowest BCUT2D eigenvalue weighted by molar-refractivity contribution is 0.297. The van der Waals surface area contributed by atoms with Gasteiger partial charge in [-0.05, 0) is 51.5 Å². The number of benzene rings is 1. The molecule has 0 saturated heterocycles. The summed E-state index contributed by atoms with van der Waals surface area (Å²) in [6.07, 6.45) is 2.36. The maximum absolute atomic E-state index is 4.67. The molecular formula is C19H35IN4S. The molecule has 1 rings (SSSR count). The topological polar surface area (TPSA) is 39.7 Å². The number of nitrogens with zero attached hydrogens (tertiary/aromatic N) is 2. The molecule has 144 valence electrons. The van der Waals surface area contributed by atoms with Gasteiger partial charge in [0, 0.05) is 30.3 Å². The molecule has 0 unspecified atom stereocenters. The number of thioether (sulfide) groups is 1. The van der Waals surface area contributed by atoms with Gasteiger partial charge in [0.05, 0.1) is 0 Å². The predicted octanol–water partition coefficient (Wildman–Crippen LogP) is 4.07. The standard InChI is InChI=1S/C19H34N4S.HI/c1-4-20-19(21-14-10-11-16-23(5-2)6-3)22-15-17-24-18-12-8-7-9-13-18;/h7-9,12-13H,4-6,10-11,14-17H2,1-3H3,(H2,20,21,22);1H. The Labute approximate surface area is 175 Å². The molecule has 0 radical (unpaired) electrons. The summed E-state index contributed by atoms with van der Waals surface area (Å²) in [5.74, 6) is 1.98. The van der Waals surface area contributed by atoms with Gasteiger partial charge in [-0.25, -0.2) is 0 Å². The van der Waals surface area contributed by atoms with Gasteiger partial charge in [-0.1, -0.05) is 32.0 Å². The monoisotopic (exact) mass is 478 g/mol. The van der Waals surface area contributed by atoms with Crippen molar-refractivity contribution >= 4 is 41.7 Å². The fourth-order valence-electron chi connectivity index (χ4n) is 2.37. The van der Waals surface area contributed by atoms with Crippen molar-refractivity contribution in [2.75, 3.05) is 45.0 Å². The molecule has 2 N–H and O–H groups in total. The van der Waals surface area contributed by atoms with Crippen molar-refractivity contribution in [2.45, 2.75) is 38.5 Å². The van der Waals surface area contributed by atoms with E-state index in [9.17, 15) is 0 Å². The molecule has 0 fully saturated rings. The Morgan fingerprint density at radius 3 is 2.40 bits per heavy atom. The van der Waals surface area contributed by atoms with Gasteiger partial charge in [-0.2, -0.15) is 0 Å². The third-order valence-corrected chi connectivity index (χ3v) is 4.81. The van der Waals surface area contributed by atoms with Gasteiger partial charge < -0.3 is 15.5 Å². The Bertz CT molecular complexity index is 438. The van der Waals surface area contributed by atoms with Crippen LogP contribution in [0.1, 0.15) is 33.6 Å². The Balaban J connectivity index is 0.00000576. The normalized spacial score (nSPS) is 11.3. The van der Waals surface area contributed by atoms with E-state index in [1.54, 1.807) is 0 Å². The van der Waals surface area contributed by atoms with Crippen molar-refractivity contribution in [2.24, 2.45) is 4.99 Å². The molecule has 1 aromatic carbocycles. The maximum atomic E-state index is 4.67. The number of rotatable bonds is 12. The number of hydrogen-bond donors (Lipinski definition) is 2. The highest BCUT2D eigenvalue weighted by Crippen LogP contribution is 2.15. The molecule has 25 heavy (non-hydrogen) atoms. The molecule has 0 heterocycles.